The first-order valence-corrected chi connectivity index (χ1v) is 5.35. The molecule has 0 fully saturated rings. The molecule has 0 spiro atoms. The van der Waals surface area contributed by atoms with E-state index in [1.165, 1.54) is 0 Å². The van der Waals surface area contributed by atoms with Gasteiger partial charge in [-0.15, -0.1) is 0 Å². The number of rotatable bonds is 2. The summed E-state index contributed by atoms with van der Waals surface area (Å²) in [5.74, 6) is 0. The minimum atomic E-state index is 0.468. The molecule has 0 aromatic carbocycles. The zero-order chi connectivity index (χ0) is 10.4. The van der Waals surface area contributed by atoms with Crippen LogP contribution in [0.3, 0.4) is 0 Å². The van der Waals surface area contributed by atoms with E-state index in [-0.39, 0.29) is 0 Å². The van der Waals surface area contributed by atoms with Crippen LogP contribution < -0.4 is 0 Å². The molecule has 0 radical (unpaired) electrons. The molecule has 2 nitrogen and oxygen atoms in total. The molecule has 0 atom stereocenters. The normalized spacial score (nSPS) is 9.69. The van der Waals surface area contributed by atoms with Crippen LogP contribution in [0, 0.1) is 4.77 Å². The first-order valence-electron chi connectivity index (χ1n) is 4.94. The molecular weight excluding hydrogens is 180 g/mol. The third-order valence-corrected chi connectivity index (χ3v) is 2.22. The summed E-state index contributed by atoms with van der Waals surface area (Å²) in [6.07, 6.45) is 4.07. The molecule has 0 amide bonds. The molecule has 1 aromatic heterocycles. The molecule has 13 heavy (non-hydrogen) atoms. The third-order valence-electron chi connectivity index (χ3n) is 1.77. The molecular formula is C10H20N2S. The van der Waals surface area contributed by atoms with Crippen LogP contribution in [0.4, 0.5) is 0 Å². The van der Waals surface area contributed by atoms with Gasteiger partial charge in [0.05, 0.1) is 0 Å². The highest BCUT2D eigenvalue weighted by atomic mass is 32.1. The Balaban J connectivity index is 0.000000671. The average Bonchev–Trinajstić information content (AvgIpc) is 2.50. The molecule has 0 unspecified atom stereocenters. The van der Waals surface area contributed by atoms with Gasteiger partial charge in [0.2, 0.25) is 0 Å². The van der Waals surface area contributed by atoms with E-state index in [1.807, 2.05) is 26.2 Å². The van der Waals surface area contributed by atoms with Gasteiger partial charge in [0.1, 0.15) is 0 Å². The molecule has 0 saturated heterocycles. The van der Waals surface area contributed by atoms with Gasteiger partial charge in [0.25, 0.3) is 0 Å². The standard InChI is InChI=1S/C8H14N2S.C2H6/c1-4-9-5-6-10(7(2)3)8(9)11;1-2/h5-7H,4H2,1-3H3;1-2H3. The molecule has 1 rings (SSSR count). The minimum absolute atomic E-state index is 0.468. The molecule has 0 saturated carbocycles. The maximum atomic E-state index is 5.23. The van der Waals surface area contributed by atoms with E-state index >= 15 is 0 Å². The van der Waals surface area contributed by atoms with Gasteiger partial charge >= 0.3 is 0 Å². The molecule has 0 N–H and O–H groups in total. The van der Waals surface area contributed by atoms with E-state index in [0.717, 1.165) is 11.3 Å². The van der Waals surface area contributed by atoms with Crippen molar-refractivity contribution in [2.45, 2.75) is 47.2 Å². The van der Waals surface area contributed by atoms with E-state index in [0.29, 0.717) is 6.04 Å². The van der Waals surface area contributed by atoms with Crippen molar-refractivity contribution in [3.63, 3.8) is 0 Å². The Morgan fingerprint density at radius 2 is 1.85 bits per heavy atom. The maximum Gasteiger partial charge on any atom is 0.180 e. The Kier molecular flexibility index (Phi) is 5.71. The monoisotopic (exact) mass is 200 g/mol. The zero-order valence-electron chi connectivity index (χ0n) is 9.24. The van der Waals surface area contributed by atoms with Crippen molar-refractivity contribution < 1.29 is 0 Å². The molecule has 0 aliphatic rings. The van der Waals surface area contributed by atoms with Crippen molar-refractivity contribution in [3.05, 3.63) is 17.2 Å². The van der Waals surface area contributed by atoms with Crippen LogP contribution in [0.25, 0.3) is 0 Å². The molecule has 1 heterocycles. The van der Waals surface area contributed by atoms with Crippen molar-refractivity contribution in [2.75, 3.05) is 0 Å². The summed E-state index contributed by atoms with van der Waals surface area (Å²) in [4.78, 5) is 0. The van der Waals surface area contributed by atoms with Crippen molar-refractivity contribution in [3.8, 4) is 0 Å². The lowest BCUT2D eigenvalue weighted by atomic mass is 10.4. The van der Waals surface area contributed by atoms with Crippen LogP contribution in [0.5, 0.6) is 0 Å². The van der Waals surface area contributed by atoms with Crippen molar-refractivity contribution in [2.24, 2.45) is 0 Å². The van der Waals surface area contributed by atoms with Gasteiger partial charge in [-0.3, -0.25) is 0 Å². The first-order chi connectivity index (χ1) is 6.16. The molecule has 0 bridgehead atoms. The van der Waals surface area contributed by atoms with E-state index in [4.69, 9.17) is 12.2 Å². The second-order valence-corrected chi connectivity index (χ2v) is 3.23. The number of imidazole rings is 1. The minimum Gasteiger partial charge on any atom is -0.324 e. The molecule has 1 aromatic rings. The van der Waals surface area contributed by atoms with Gasteiger partial charge in [-0.1, -0.05) is 13.8 Å². The van der Waals surface area contributed by atoms with E-state index in [9.17, 15) is 0 Å². The second-order valence-electron chi connectivity index (χ2n) is 2.87. The van der Waals surface area contributed by atoms with E-state index < -0.39 is 0 Å². The lowest BCUT2D eigenvalue weighted by molar-refractivity contribution is 0.574. The fourth-order valence-electron chi connectivity index (χ4n) is 1.06. The van der Waals surface area contributed by atoms with Crippen LogP contribution >= 0.6 is 12.2 Å². The average molecular weight is 200 g/mol. The zero-order valence-corrected chi connectivity index (χ0v) is 10.1. The lowest BCUT2D eigenvalue weighted by Crippen LogP contribution is -2.01. The number of hydrogen-bond donors (Lipinski definition) is 0. The lowest BCUT2D eigenvalue weighted by Gasteiger charge is -2.05. The first kappa shape index (κ1) is 12.4. The molecule has 3 heteroatoms. The fourth-order valence-corrected chi connectivity index (χ4v) is 1.52. The third kappa shape index (κ3) is 2.99. The highest BCUT2D eigenvalue weighted by Gasteiger charge is 1.99. The number of aryl methyl sites for hydroxylation is 1. The Morgan fingerprint density at radius 1 is 1.31 bits per heavy atom. The van der Waals surface area contributed by atoms with E-state index in [1.54, 1.807) is 0 Å². The summed E-state index contributed by atoms with van der Waals surface area (Å²) in [6.45, 7) is 11.3. The summed E-state index contributed by atoms with van der Waals surface area (Å²) in [7, 11) is 0. The highest BCUT2D eigenvalue weighted by molar-refractivity contribution is 7.71. The summed E-state index contributed by atoms with van der Waals surface area (Å²) in [5, 5.41) is 0. The number of aromatic nitrogens is 2. The van der Waals surface area contributed by atoms with Crippen LogP contribution in [0.15, 0.2) is 12.4 Å². The summed E-state index contributed by atoms with van der Waals surface area (Å²) >= 11 is 5.23. The van der Waals surface area contributed by atoms with Crippen molar-refractivity contribution in [1.82, 2.24) is 9.13 Å². The van der Waals surface area contributed by atoms with Crippen LogP contribution in [-0.2, 0) is 6.54 Å². The van der Waals surface area contributed by atoms with Gasteiger partial charge < -0.3 is 9.13 Å². The summed E-state index contributed by atoms with van der Waals surface area (Å²) < 4.78 is 5.08. The van der Waals surface area contributed by atoms with Gasteiger partial charge in [-0.2, -0.15) is 0 Å². The topological polar surface area (TPSA) is 9.86 Å². The van der Waals surface area contributed by atoms with Gasteiger partial charge in [-0.25, -0.2) is 0 Å². The molecule has 0 aliphatic carbocycles. The van der Waals surface area contributed by atoms with Gasteiger partial charge in [0, 0.05) is 25.0 Å². The predicted molar refractivity (Wildman–Crippen MR) is 60.7 cm³/mol. The second kappa shape index (κ2) is 5.97. The van der Waals surface area contributed by atoms with Crippen LogP contribution in [0.2, 0.25) is 0 Å². The Bertz CT molecular complexity index is 283. The van der Waals surface area contributed by atoms with Crippen molar-refractivity contribution >= 4 is 12.2 Å². The van der Waals surface area contributed by atoms with Crippen molar-refractivity contribution in [1.29, 1.82) is 0 Å². The summed E-state index contributed by atoms with van der Waals surface area (Å²) in [5.41, 5.74) is 0. The quantitative estimate of drug-likeness (QED) is 0.663. The predicted octanol–water partition coefficient (Wildman–Crippen LogP) is 3.65. The Labute approximate surface area is 86.2 Å². The molecule has 0 aliphatic heterocycles. The highest BCUT2D eigenvalue weighted by Crippen LogP contribution is 2.06. The van der Waals surface area contributed by atoms with Gasteiger partial charge in [0.15, 0.2) is 4.77 Å². The smallest absolute Gasteiger partial charge is 0.180 e. The SMILES string of the molecule is CC.CCn1ccn(C(C)C)c1=S. The summed E-state index contributed by atoms with van der Waals surface area (Å²) in [6, 6.07) is 0.468. The van der Waals surface area contributed by atoms with Crippen LogP contribution in [0.1, 0.15) is 40.7 Å². The largest absolute Gasteiger partial charge is 0.324 e. The van der Waals surface area contributed by atoms with Gasteiger partial charge in [-0.05, 0) is 33.0 Å². The Morgan fingerprint density at radius 3 is 2.08 bits per heavy atom. The number of nitrogens with zero attached hydrogens (tertiary/aromatic N) is 2. The molecule has 76 valence electrons. The van der Waals surface area contributed by atoms with E-state index in [2.05, 4.69) is 29.9 Å². The maximum absolute atomic E-state index is 5.23. The fraction of sp³-hybridized carbons (Fsp3) is 0.700. The Hall–Kier alpha value is -0.570. The van der Waals surface area contributed by atoms with Crippen LogP contribution in [-0.4, -0.2) is 9.13 Å². The number of hydrogen-bond acceptors (Lipinski definition) is 1.